The average molecular weight is 350 g/mol. The molecule has 0 saturated heterocycles. The third kappa shape index (κ3) is 4.75. The number of ether oxygens (including phenoxy) is 1. The van der Waals surface area contributed by atoms with Crippen molar-refractivity contribution in [2.24, 2.45) is 0 Å². The van der Waals surface area contributed by atoms with Crippen molar-refractivity contribution in [2.45, 2.75) is 6.42 Å². The molecule has 1 aromatic carbocycles. The fraction of sp³-hybridized carbons (Fsp3) is 0.133. The minimum atomic E-state index is -0.753. The van der Waals surface area contributed by atoms with E-state index < -0.39 is 23.4 Å². The molecule has 0 aliphatic rings. The van der Waals surface area contributed by atoms with Gasteiger partial charge in [-0.1, -0.05) is 29.8 Å². The molecule has 0 atom stereocenters. The van der Waals surface area contributed by atoms with E-state index in [1.165, 1.54) is 24.4 Å². The number of hydrogen-bond acceptors (Lipinski definition) is 6. The summed E-state index contributed by atoms with van der Waals surface area (Å²) in [7, 11) is 0. The van der Waals surface area contributed by atoms with Gasteiger partial charge < -0.3 is 10.1 Å². The molecule has 0 aliphatic carbocycles. The summed E-state index contributed by atoms with van der Waals surface area (Å²) in [5.74, 6) is -1.35. The SMILES string of the molecule is O=C(COC(=O)Cc1ccccc1[N+](=O)[O-])Nc1cccnc1Cl. The van der Waals surface area contributed by atoms with Crippen molar-refractivity contribution >= 4 is 34.9 Å². The Morgan fingerprint density at radius 2 is 2.00 bits per heavy atom. The van der Waals surface area contributed by atoms with Gasteiger partial charge in [0.15, 0.2) is 11.8 Å². The van der Waals surface area contributed by atoms with Crippen molar-refractivity contribution in [1.82, 2.24) is 4.98 Å². The highest BCUT2D eigenvalue weighted by molar-refractivity contribution is 6.32. The second-order valence-corrected chi connectivity index (χ2v) is 4.97. The molecule has 1 amide bonds. The van der Waals surface area contributed by atoms with E-state index in [9.17, 15) is 19.7 Å². The molecule has 1 heterocycles. The van der Waals surface area contributed by atoms with Gasteiger partial charge in [-0.15, -0.1) is 0 Å². The zero-order chi connectivity index (χ0) is 17.5. The number of carbonyl (C=O) groups excluding carboxylic acids is 2. The predicted octanol–water partition coefficient (Wildman–Crippen LogP) is 2.37. The largest absolute Gasteiger partial charge is 0.455 e. The molecule has 24 heavy (non-hydrogen) atoms. The number of carbonyl (C=O) groups is 2. The molecule has 1 N–H and O–H groups in total. The molecule has 124 valence electrons. The molecule has 0 bridgehead atoms. The van der Waals surface area contributed by atoms with Crippen LogP contribution in [0.15, 0.2) is 42.6 Å². The van der Waals surface area contributed by atoms with Gasteiger partial charge in [-0.25, -0.2) is 4.98 Å². The van der Waals surface area contributed by atoms with E-state index in [4.69, 9.17) is 16.3 Å². The van der Waals surface area contributed by atoms with Crippen molar-refractivity contribution in [1.29, 1.82) is 0 Å². The van der Waals surface area contributed by atoms with Crippen LogP contribution in [-0.2, 0) is 20.7 Å². The lowest BCUT2D eigenvalue weighted by atomic mass is 10.1. The molecular weight excluding hydrogens is 338 g/mol. The van der Waals surface area contributed by atoms with Crippen LogP contribution in [0.2, 0.25) is 5.15 Å². The Balaban J connectivity index is 1.89. The number of nitrogens with zero attached hydrogens (tertiary/aromatic N) is 2. The summed E-state index contributed by atoms with van der Waals surface area (Å²) >= 11 is 5.79. The Hall–Kier alpha value is -3.00. The number of aromatic nitrogens is 1. The lowest BCUT2D eigenvalue weighted by Crippen LogP contribution is -2.22. The number of amides is 1. The Morgan fingerprint density at radius 3 is 2.71 bits per heavy atom. The van der Waals surface area contributed by atoms with Crippen molar-refractivity contribution in [3.05, 3.63) is 63.4 Å². The molecular formula is C15H12ClN3O5. The Kier molecular flexibility index (Phi) is 5.80. The highest BCUT2D eigenvalue weighted by atomic mass is 35.5. The maximum atomic E-state index is 11.7. The second-order valence-electron chi connectivity index (χ2n) is 4.61. The molecule has 0 saturated carbocycles. The van der Waals surface area contributed by atoms with Gasteiger partial charge in [0.25, 0.3) is 11.6 Å². The van der Waals surface area contributed by atoms with E-state index in [1.54, 1.807) is 18.2 Å². The van der Waals surface area contributed by atoms with Crippen LogP contribution >= 0.6 is 11.6 Å². The smallest absolute Gasteiger partial charge is 0.311 e. The first-order valence-corrected chi connectivity index (χ1v) is 7.13. The number of nitro benzene ring substituents is 1. The molecule has 1 aromatic heterocycles. The Labute approximate surface area is 141 Å². The quantitative estimate of drug-likeness (QED) is 0.371. The van der Waals surface area contributed by atoms with E-state index in [0.717, 1.165) is 0 Å². The lowest BCUT2D eigenvalue weighted by molar-refractivity contribution is -0.385. The van der Waals surface area contributed by atoms with Gasteiger partial charge in [0.1, 0.15) is 0 Å². The fourth-order valence-electron chi connectivity index (χ4n) is 1.86. The number of para-hydroxylation sites is 1. The maximum Gasteiger partial charge on any atom is 0.311 e. The summed E-state index contributed by atoms with van der Waals surface area (Å²) < 4.78 is 4.82. The van der Waals surface area contributed by atoms with Crippen LogP contribution < -0.4 is 5.32 Å². The summed E-state index contributed by atoms with van der Waals surface area (Å²) in [5, 5.41) is 13.4. The van der Waals surface area contributed by atoms with Crippen molar-refractivity contribution < 1.29 is 19.2 Å². The number of rotatable bonds is 6. The van der Waals surface area contributed by atoms with Crippen molar-refractivity contribution in [2.75, 3.05) is 11.9 Å². The van der Waals surface area contributed by atoms with E-state index in [-0.39, 0.29) is 22.8 Å². The monoisotopic (exact) mass is 349 g/mol. The minimum Gasteiger partial charge on any atom is -0.455 e. The van der Waals surface area contributed by atoms with Gasteiger partial charge in [0, 0.05) is 17.8 Å². The molecule has 0 fully saturated rings. The average Bonchev–Trinajstić information content (AvgIpc) is 2.55. The van der Waals surface area contributed by atoms with Gasteiger partial charge in [0.05, 0.1) is 17.0 Å². The number of esters is 1. The minimum absolute atomic E-state index is 0.108. The molecule has 0 aliphatic heterocycles. The normalized spacial score (nSPS) is 10.0. The van der Waals surface area contributed by atoms with Crippen LogP contribution in [0, 0.1) is 10.1 Å². The molecule has 9 heteroatoms. The first-order chi connectivity index (χ1) is 11.5. The van der Waals surface area contributed by atoms with Gasteiger partial charge in [-0.05, 0) is 12.1 Å². The van der Waals surface area contributed by atoms with Crippen LogP contribution in [0.3, 0.4) is 0 Å². The van der Waals surface area contributed by atoms with Gasteiger partial charge in [-0.3, -0.25) is 19.7 Å². The standard InChI is InChI=1S/C15H12ClN3O5/c16-15-11(5-3-7-17-15)18-13(20)9-24-14(21)8-10-4-1-2-6-12(10)19(22)23/h1-7H,8-9H2,(H,18,20). The van der Waals surface area contributed by atoms with Crippen molar-refractivity contribution in [3.8, 4) is 0 Å². The van der Waals surface area contributed by atoms with Gasteiger partial charge in [-0.2, -0.15) is 0 Å². The van der Waals surface area contributed by atoms with Crippen LogP contribution in [0.25, 0.3) is 0 Å². The zero-order valence-corrected chi connectivity index (χ0v) is 13.0. The maximum absolute atomic E-state index is 11.7. The number of anilines is 1. The molecule has 2 rings (SSSR count). The van der Waals surface area contributed by atoms with Crippen LogP contribution in [0.1, 0.15) is 5.56 Å². The summed E-state index contributed by atoms with van der Waals surface area (Å²) in [6.07, 6.45) is 1.16. The van der Waals surface area contributed by atoms with Gasteiger partial charge in [0.2, 0.25) is 0 Å². The topological polar surface area (TPSA) is 111 Å². The number of nitro groups is 1. The Morgan fingerprint density at radius 1 is 1.25 bits per heavy atom. The molecule has 0 unspecified atom stereocenters. The number of halogens is 1. The summed E-state index contributed by atoms with van der Waals surface area (Å²) in [4.78, 5) is 37.5. The van der Waals surface area contributed by atoms with Crippen LogP contribution in [-0.4, -0.2) is 28.4 Å². The molecule has 8 nitrogen and oxygen atoms in total. The number of nitrogens with one attached hydrogen (secondary N) is 1. The predicted molar refractivity (Wildman–Crippen MR) is 85.6 cm³/mol. The first-order valence-electron chi connectivity index (χ1n) is 6.75. The van der Waals surface area contributed by atoms with Crippen LogP contribution in [0.5, 0.6) is 0 Å². The second kappa shape index (κ2) is 8.02. The van der Waals surface area contributed by atoms with E-state index in [0.29, 0.717) is 5.69 Å². The summed E-state index contributed by atoms with van der Waals surface area (Å²) in [5.41, 5.74) is 0.322. The highest BCUT2D eigenvalue weighted by Gasteiger charge is 2.17. The summed E-state index contributed by atoms with van der Waals surface area (Å²) in [6, 6.07) is 8.95. The third-order valence-electron chi connectivity index (χ3n) is 2.92. The molecule has 0 radical (unpaired) electrons. The molecule has 0 spiro atoms. The first kappa shape index (κ1) is 17.4. The number of pyridine rings is 1. The number of hydrogen-bond donors (Lipinski definition) is 1. The number of benzene rings is 1. The zero-order valence-electron chi connectivity index (χ0n) is 12.3. The van der Waals surface area contributed by atoms with E-state index in [2.05, 4.69) is 10.3 Å². The van der Waals surface area contributed by atoms with Crippen LogP contribution in [0.4, 0.5) is 11.4 Å². The highest BCUT2D eigenvalue weighted by Crippen LogP contribution is 2.19. The van der Waals surface area contributed by atoms with Gasteiger partial charge >= 0.3 is 5.97 Å². The fourth-order valence-corrected chi connectivity index (χ4v) is 2.02. The van der Waals surface area contributed by atoms with Crippen molar-refractivity contribution in [3.63, 3.8) is 0 Å². The lowest BCUT2D eigenvalue weighted by Gasteiger charge is -2.07. The Bertz CT molecular complexity index is 781. The summed E-state index contributed by atoms with van der Waals surface area (Å²) in [6.45, 7) is -0.537. The third-order valence-corrected chi connectivity index (χ3v) is 3.22. The van der Waals surface area contributed by atoms with E-state index >= 15 is 0 Å². The molecule has 2 aromatic rings. The van der Waals surface area contributed by atoms with E-state index in [1.807, 2.05) is 0 Å².